The molecule has 2 amide bonds. The van der Waals surface area contributed by atoms with E-state index in [0.717, 1.165) is 12.1 Å². The van der Waals surface area contributed by atoms with Gasteiger partial charge in [0.05, 0.1) is 16.8 Å². The quantitative estimate of drug-likeness (QED) is 0.379. The lowest BCUT2D eigenvalue weighted by molar-refractivity contribution is -0.123. The highest BCUT2D eigenvalue weighted by molar-refractivity contribution is 6.03. The summed E-state index contributed by atoms with van der Waals surface area (Å²) in [4.78, 5) is 39.9. The Morgan fingerprint density at radius 1 is 0.925 bits per heavy atom. The van der Waals surface area contributed by atoms with E-state index < -0.39 is 67.9 Å². The van der Waals surface area contributed by atoms with E-state index in [-0.39, 0.29) is 23.6 Å². The lowest BCUT2D eigenvalue weighted by atomic mass is 9.95. The monoisotopic (exact) mass is 561 g/mol. The minimum absolute atomic E-state index is 0.0596. The van der Waals surface area contributed by atoms with Gasteiger partial charge in [0.25, 0.3) is 0 Å². The van der Waals surface area contributed by atoms with E-state index in [1.54, 1.807) is 60.5 Å². The zero-order valence-corrected chi connectivity index (χ0v) is 23.8. The van der Waals surface area contributed by atoms with Gasteiger partial charge in [-0.15, -0.1) is 0 Å². The molecule has 0 aliphatic rings. The number of likely N-dealkylation sites (N-methyl/N-ethyl adjacent to an activating group) is 1. The van der Waals surface area contributed by atoms with Gasteiger partial charge in [0.1, 0.15) is 18.2 Å². The second kappa shape index (κ2) is 11.3. The van der Waals surface area contributed by atoms with Crippen LogP contribution in [-0.4, -0.2) is 44.0 Å². The summed E-state index contributed by atoms with van der Waals surface area (Å²) in [5.41, 5.74) is -3.89. The molecule has 1 heterocycles. The maximum absolute atomic E-state index is 15.6. The van der Waals surface area contributed by atoms with Crippen molar-refractivity contribution in [2.45, 2.75) is 41.5 Å². The first-order valence-electron chi connectivity index (χ1n) is 12.6. The molecule has 3 rings (SSSR count). The summed E-state index contributed by atoms with van der Waals surface area (Å²) in [6.07, 6.45) is 0. The lowest BCUT2D eigenvalue weighted by Crippen LogP contribution is -2.29. The van der Waals surface area contributed by atoms with Crippen LogP contribution in [0.2, 0.25) is 0 Å². The Morgan fingerprint density at radius 3 is 2.08 bits per heavy atom. The van der Waals surface area contributed by atoms with Crippen LogP contribution in [0, 0.1) is 28.3 Å². The molecule has 2 aromatic carbocycles. The Hall–Kier alpha value is -3.86. The number of halogens is 3. The molecule has 0 saturated carbocycles. The number of benzene rings is 2. The molecule has 1 aromatic heterocycles. The van der Waals surface area contributed by atoms with Gasteiger partial charge in [0.15, 0.2) is 22.6 Å². The molecule has 0 aliphatic heterocycles. The molecule has 0 unspecified atom stereocenters. The first-order chi connectivity index (χ1) is 18.4. The zero-order valence-electron chi connectivity index (χ0n) is 23.8. The van der Waals surface area contributed by atoms with Gasteiger partial charge in [-0.25, -0.2) is 8.78 Å². The number of ether oxygens (including phenoxy) is 1. The van der Waals surface area contributed by atoms with Crippen molar-refractivity contribution in [2.24, 2.45) is 10.8 Å². The van der Waals surface area contributed by atoms with Crippen LogP contribution in [0.1, 0.15) is 41.5 Å². The van der Waals surface area contributed by atoms with E-state index in [2.05, 4.69) is 10.6 Å². The van der Waals surface area contributed by atoms with Crippen LogP contribution >= 0.6 is 0 Å². The summed E-state index contributed by atoms with van der Waals surface area (Å²) in [5, 5.41) is 4.33. The van der Waals surface area contributed by atoms with Crippen molar-refractivity contribution < 1.29 is 31.9 Å². The number of carbonyl (C=O) groups excluding carboxylic acids is 2. The second-order valence-electron chi connectivity index (χ2n) is 11.8. The predicted octanol–water partition coefficient (Wildman–Crippen LogP) is 5.79. The molecule has 2 N–H and O–H groups in total. The summed E-state index contributed by atoms with van der Waals surface area (Å²) in [6, 6.07) is 4.62. The Balaban J connectivity index is 2.19. The SMILES string of the molecule is CN(C)CCOc1c(F)c(NC(=O)C(C)(C)C)c2c(=O)cc(-c3ccc(NC(=O)C(C)(C)C)c(F)c3)oc2c1F. The highest BCUT2D eigenvalue weighted by Gasteiger charge is 2.30. The van der Waals surface area contributed by atoms with Crippen molar-refractivity contribution in [1.82, 2.24) is 4.90 Å². The van der Waals surface area contributed by atoms with Crippen molar-refractivity contribution in [1.29, 1.82) is 0 Å². The number of rotatable bonds is 7. The Labute approximate surface area is 230 Å². The number of nitrogens with one attached hydrogen (secondary N) is 2. The van der Waals surface area contributed by atoms with Crippen LogP contribution in [0.3, 0.4) is 0 Å². The summed E-state index contributed by atoms with van der Waals surface area (Å²) in [7, 11) is 3.49. The van der Waals surface area contributed by atoms with Crippen molar-refractivity contribution in [3.63, 3.8) is 0 Å². The van der Waals surface area contributed by atoms with E-state index in [9.17, 15) is 18.8 Å². The van der Waals surface area contributed by atoms with Crippen molar-refractivity contribution in [3.05, 3.63) is 51.9 Å². The minimum atomic E-state index is -1.28. The number of anilines is 2. The van der Waals surface area contributed by atoms with Crippen LogP contribution in [0.15, 0.2) is 33.5 Å². The third-order valence-electron chi connectivity index (χ3n) is 5.90. The number of nitrogens with zero attached hydrogens (tertiary/aromatic N) is 1. The third-order valence-corrected chi connectivity index (χ3v) is 5.90. The van der Waals surface area contributed by atoms with E-state index in [4.69, 9.17) is 9.15 Å². The summed E-state index contributed by atoms with van der Waals surface area (Å²) in [5.74, 6) is -5.44. The normalized spacial score (nSPS) is 12.1. The smallest absolute Gasteiger partial charge is 0.229 e. The number of hydrogen-bond acceptors (Lipinski definition) is 6. The maximum Gasteiger partial charge on any atom is 0.229 e. The van der Waals surface area contributed by atoms with Gasteiger partial charge in [-0.3, -0.25) is 14.4 Å². The fourth-order valence-electron chi connectivity index (χ4n) is 3.40. The maximum atomic E-state index is 15.6. The first-order valence-corrected chi connectivity index (χ1v) is 12.6. The zero-order chi connectivity index (χ0) is 30.2. The molecular formula is C29H34F3N3O5. The highest BCUT2D eigenvalue weighted by Crippen LogP contribution is 2.38. The average Bonchev–Trinajstić information content (AvgIpc) is 2.83. The van der Waals surface area contributed by atoms with Crippen LogP contribution < -0.4 is 20.8 Å². The van der Waals surface area contributed by atoms with Crippen LogP contribution in [-0.2, 0) is 9.59 Å². The van der Waals surface area contributed by atoms with Gasteiger partial charge in [0.2, 0.25) is 17.6 Å². The second-order valence-corrected chi connectivity index (χ2v) is 11.8. The number of hydrogen-bond donors (Lipinski definition) is 2. The minimum Gasteiger partial charge on any atom is -0.486 e. The molecule has 0 atom stereocenters. The fourth-order valence-corrected chi connectivity index (χ4v) is 3.40. The molecule has 0 aliphatic carbocycles. The van der Waals surface area contributed by atoms with Crippen LogP contribution in [0.5, 0.6) is 5.75 Å². The van der Waals surface area contributed by atoms with E-state index in [0.29, 0.717) is 6.54 Å². The van der Waals surface area contributed by atoms with Crippen LogP contribution in [0.25, 0.3) is 22.3 Å². The van der Waals surface area contributed by atoms with Gasteiger partial charge in [0, 0.05) is 29.0 Å². The summed E-state index contributed by atoms with van der Waals surface area (Å²) in [6.45, 7) is 10.00. The Bertz CT molecular complexity index is 1520. The fraction of sp³-hybridized carbons (Fsp3) is 0.414. The topological polar surface area (TPSA) is 101 Å². The molecule has 0 radical (unpaired) electrons. The average molecular weight is 562 g/mol. The molecule has 0 fully saturated rings. The molecule has 40 heavy (non-hydrogen) atoms. The van der Waals surface area contributed by atoms with Crippen molar-refractivity contribution in [3.8, 4) is 17.1 Å². The van der Waals surface area contributed by atoms with E-state index in [1.165, 1.54) is 12.1 Å². The molecule has 0 bridgehead atoms. The Kier molecular flexibility index (Phi) is 8.69. The van der Waals surface area contributed by atoms with E-state index in [1.807, 2.05) is 0 Å². The molecular weight excluding hydrogens is 527 g/mol. The van der Waals surface area contributed by atoms with Gasteiger partial charge in [-0.2, -0.15) is 4.39 Å². The third kappa shape index (κ3) is 6.64. The molecule has 8 nitrogen and oxygen atoms in total. The number of amides is 2. The number of fused-ring (bicyclic) bond motifs is 1. The molecule has 0 spiro atoms. The summed E-state index contributed by atoms with van der Waals surface area (Å²) >= 11 is 0. The molecule has 3 aromatic rings. The Morgan fingerprint density at radius 2 is 1.52 bits per heavy atom. The molecule has 11 heteroatoms. The van der Waals surface area contributed by atoms with Gasteiger partial charge >= 0.3 is 0 Å². The number of carbonyl (C=O) groups is 2. The van der Waals surface area contributed by atoms with Gasteiger partial charge in [-0.05, 0) is 32.3 Å². The van der Waals surface area contributed by atoms with Crippen LogP contribution in [0.4, 0.5) is 24.5 Å². The predicted molar refractivity (Wildman–Crippen MR) is 148 cm³/mol. The lowest BCUT2D eigenvalue weighted by Gasteiger charge is -2.20. The van der Waals surface area contributed by atoms with E-state index >= 15 is 8.78 Å². The molecule has 216 valence electrons. The summed E-state index contributed by atoms with van der Waals surface area (Å²) < 4.78 is 57.1. The first kappa shape index (κ1) is 30.7. The van der Waals surface area contributed by atoms with Crippen molar-refractivity contribution >= 4 is 34.2 Å². The molecule has 0 saturated heterocycles. The highest BCUT2D eigenvalue weighted by atomic mass is 19.1. The van der Waals surface area contributed by atoms with Gasteiger partial charge in [-0.1, -0.05) is 41.5 Å². The van der Waals surface area contributed by atoms with Crippen molar-refractivity contribution in [2.75, 3.05) is 37.9 Å². The van der Waals surface area contributed by atoms with Gasteiger partial charge < -0.3 is 24.7 Å². The largest absolute Gasteiger partial charge is 0.486 e. The standard InChI is InChI=1S/C29H34F3N3O5/c1-28(2,3)26(37)33-17-10-9-15(13-16(17)30)19-14-18(36)20-23(34-27(38)29(4,5)6)21(31)25(22(32)24(20)40-19)39-12-11-35(7)8/h9-10,13-14H,11-12H2,1-8H3,(H,33,37)(H,34,38).